The average molecular weight is 685 g/mol. The summed E-state index contributed by atoms with van der Waals surface area (Å²) in [5, 5.41) is 0. The quantitative estimate of drug-likeness (QED) is 0.140. The van der Waals surface area contributed by atoms with Crippen molar-refractivity contribution in [3.05, 3.63) is 35.4 Å². The van der Waals surface area contributed by atoms with Crippen LogP contribution in [0.2, 0.25) is 0 Å². The van der Waals surface area contributed by atoms with Crippen LogP contribution in [0.4, 0.5) is 0 Å². The van der Waals surface area contributed by atoms with E-state index in [1.54, 1.807) is 18.2 Å². The Morgan fingerprint density at radius 1 is 0.932 bits per heavy atom. The van der Waals surface area contributed by atoms with Gasteiger partial charge in [0.2, 0.25) is 5.75 Å². The summed E-state index contributed by atoms with van der Waals surface area (Å²) in [6.45, 7) is 2.77. The average Bonchev–Trinajstić information content (AvgIpc) is 3.44. The molecule has 0 radical (unpaired) electrons. The van der Waals surface area contributed by atoms with Crippen molar-refractivity contribution in [3.63, 3.8) is 0 Å². The van der Waals surface area contributed by atoms with Crippen LogP contribution < -0.4 is 80.0 Å². The Hall–Kier alpha value is -1.23. The smallest absolute Gasteiger partial charge is 0.756 e. The van der Waals surface area contributed by atoms with Gasteiger partial charge in [-0.3, -0.25) is 9.36 Å². The molecule has 0 amide bonds. The van der Waals surface area contributed by atoms with E-state index in [2.05, 4.69) is 4.52 Å². The molecule has 0 saturated carbocycles. The Bertz CT molecular complexity index is 1400. The van der Waals surface area contributed by atoms with Crippen LogP contribution in [-0.2, 0) is 28.5 Å². The number of rotatable bonds is 17. The molecule has 13 nitrogen and oxygen atoms in total. The van der Waals surface area contributed by atoms with E-state index in [4.69, 9.17) is 33.3 Å². The summed E-state index contributed by atoms with van der Waals surface area (Å²) in [5.41, 5.74) is 1.27. The monoisotopic (exact) mass is 684 g/mol. The summed E-state index contributed by atoms with van der Waals surface area (Å²) in [4.78, 5) is 31.3. The Labute approximate surface area is 300 Å². The summed E-state index contributed by atoms with van der Waals surface area (Å²) in [6, 6.07) is 6.65. The molecule has 0 bridgehead atoms. The van der Waals surface area contributed by atoms with Gasteiger partial charge >= 0.3 is 51.4 Å². The molecule has 1 fully saturated rings. The van der Waals surface area contributed by atoms with E-state index in [0.717, 1.165) is 5.56 Å². The van der Waals surface area contributed by atoms with Crippen molar-refractivity contribution in [1.82, 2.24) is 0 Å². The standard InChI is InChI=1S/C28H39O13PS.K/c1-6-10-39-28-25(38-11-7-12-40-42(30,31)32)15-20(16-26(28)43(33,34)17-18(2)29)22-9-8-21(41-22)19-13-23(35-3)27(37-5)24(14-19)36-4;/h13-16,21-22H,6-12,17H2,1-5H3,(H2,30,31,32);/q;+1/p-1/t21-,22-;/m0./s1. The SMILES string of the molecule is CCCOc1c(OCCCOP(=O)([O-])O)cc([C@@H]2CC[C@@H](c3cc(OC)c(OC)c(OC)c3)O2)cc1S(=O)(=O)CC(C)=O.[K+]. The molecule has 3 atom stereocenters. The fourth-order valence-corrected chi connectivity index (χ4v) is 6.46. The molecule has 2 aromatic carbocycles. The third-order valence-electron chi connectivity index (χ3n) is 6.47. The van der Waals surface area contributed by atoms with Crippen LogP contribution in [0.25, 0.3) is 0 Å². The molecule has 1 saturated heterocycles. The Balaban J connectivity index is 0.00000675. The third-order valence-corrected chi connectivity index (χ3v) is 8.74. The predicted octanol–water partition coefficient (Wildman–Crippen LogP) is 0.707. The van der Waals surface area contributed by atoms with Crippen molar-refractivity contribution in [2.24, 2.45) is 0 Å². The van der Waals surface area contributed by atoms with Crippen LogP contribution in [0, 0.1) is 0 Å². The number of methoxy groups -OCH3 is 3. The largest absolute Gasteiger partial charge is 1.00 e. The van der Waals surface area contributed by atoms with E-state index in [0.29, 0.717) is 42.1 Å². The molecule has 1 N–H and O–H groups in total. The second-order valence-corrected chi connectivity index (χ2v) is 13.0. The van der Waals surface area contributed by atoms with Gasteiger partial charge in [0.1, 0.15) is 16.4 Å². The number of benzene rings is 2. The van der Waals surface area contributed by atoms with Gasteiger partial charge in [0.05, 0.1) is 53.4 Å². The molecule has 1 unspecified atom stereocenters. The number of Topliss-reactive ketones (excluding diaryl/α,β-unsaturated/α-hetero) is 1. The first-order chi connectivity index (χ1) is 20.3. The van der Waals surface area contributed by atoms with Gasteiger partial charge in [0, 0.05) is 6.42 Å². The normalized spacial score (nSPS) is 17.7. The molecule has 0 aliphatic carbocycles. The number of sulfone groups is 1. The minimum Gasteiger partial charge on any atom is -0.756 e. The molecular formula is C28H38KO13PS. The van der Waals surface area contributed by atoms with Gasteiger partial charge in [-0.05, 0) is 61.6 Å². The van der Waals surface area contributed by atoms with Gasteiger partial charge in [-0.2, -0.15) is 0 Å². The van der Waals surface area contributed by atoms with Crippen LogP contribution in [-0.4, -0.2) is 66.0 Å². The van der Waals surface area contributed by atoms with Crippen LogP contribution in [0.1, 0.15) is 62.9 Å². The molecule has 2 aromatic rings. The first-order valence-corrected chi connectivity index (χ1v) is 16.8. The molecule has 1 heterocycles. The fraction of sp³-hybridized carbons (Fsp3) is 0.536. The summed E-state index contributed by atoms with van der Waals surface area (Å²) in [7, 11) is -4.49. The molecule has 1 aliphatic rings. The maximum atomic E-state index is 13.4. The topological polar surface area (TPSA) is 176 Å². The van der Waals surface area contributed by atoms with Crippen molar-refractivity contribution in [3.8, 4) is 28.7 Å². The van der Waals surface area contributed by atoms with Gasteiger partial charge in [-0.1, -0.05) is 6.92 Å². The van der Waals surface area contributed by atoms with Gasteiger partial charge < -0.3 is 42.7 Å². The number of carbonyl (C=O) groups excluding carboxylic acids is 1. The van der Waals surface area contributed by atoms with Crippen molar-refractivity contribution >= 4 is 23.4 Å². The van der Waals surface area contributed by atoms with Crippen LogP contribution in [0.5, 0.6) is 28.7 Å². The maximum absolute atomic E-state index is 13.4. The zero-order chi connectivity index (χ0) is 31.8. The molecule has 44 heavy (non-hydrogen) atoms. The number of hydrogen-bond acceptors (Lipinski definition) is 12. The first-order valence-electron chi connectivity index (χ1n) is 13.6. The molecule has 3 rings (SSSR count). The number of hydrogen-bond donors (Lipinski definition) is 1. The minimum atomic E-state index is -4.90. The number of ketones is 1. The van der Waals surface area contributed by atoms with Crippen molar-refractivity contribution in [2.45, 2.75) is 56.6 Å². The number of ether oxygens (including phenoxy) is 6. The van der Waals surface area contributed by atoms with Gasteiger partial charge in [0.15, 0.2) is 32.8 Å². The third kappa shape index (κ3) is 10.7. The predicted molar refractivity (Wildman–Crippen MR) is 153 cm³/mol. The molecular weight excluding hydrogens is 646 g/mol. The van der Waals surface area contributed by atoms with Crippen molar-refractivity contribution < 1.29 is 112 Å². The fourth-order valence-electron chi connectivity index (χ4n) is 4.65. The van der Waals surface area contributed by atoms with E-state index in [1.807, 2.05) is 6.92 Å². The van der Waals surface area contributed by atoms with Crippen LogP contribution >= 0.6 is 7.82 Å². The zero-order valence-electron chi connectivity index (χ0n) is 25.8. The van der Waals surface area contributed by atoms with Crippen LogP contribution in [0.15, 0.2) is 29.2 Å². The Kier molecular flexibility index (Phi) is 15.6. The second kappa shape index (κ2) is 17.6. The zero-order valence-corrected chi connectivity index (χ0v) is 30.7. The molecule has 240 valence electrons. The minimum absolute atomic E-state index is 0. The Morgan fingerprint density at radius 3 is 2.00 bits per heavy atom. The second-order valence-electron chi connectivity index (χ2n) is 9.81. The number of phosphoric acid groups is 1. The maximum Gasteiger partial charge on any atom is 1.00 e. The summed E-state index contributed by atoms with van der Waals surface area (Å²) in [5.74, 6) is 0.126. The molecule has 0 aromatic heterocycles. The van der Waals surface area contributed by atoms with E-state index >= 15 is 0 Å². The molecule has 0 spiro atoms. The van der Waals surface area contributed by atoms with Crippen molar-refractivity contribution in [1.29, 1.82) is 0 Å². The summed E-state index contributed by atoms with van der Waals surface area (Å²) >= 11 is 0. The molecule has 16 heteroatoms. The first kappa shape index (κ1) is 38.9. The van der Waals surface area contributed by atoms with E-state index in [-0.39, 0.29) is 100 Å². The number of carbonyl (C=O) groups is 1. The van der Waals surface area contributed by atoms with Crippen molar-refractivity contribution in [2.75, 3.05) is 46.9 Å². The molecule has 1 aliphatic heterocycles. The Morgan fingerprint density at radius 2 is 1.50 bits per heavy atom. The van der Waals surface area contributed by atoms with Gasteiger partial charge in [-0.15, -0.1) is 0 Å². The van der Waals surface area contributed by atoms with Gasteiger partial charge in [0.25, 0.3) is 7.82 Å². The van der Waals surface area contributed by atoms with E-state index in [9.17, 15) is 22.7 Å². The summed E-state index contributed by atoms with van der Waals surface area (Å²) < 4.78 is 76.4. The number of phosphoric ester groups is 1. The van der Waals surface area contributed by atoms with Gasteiger partial charge in [-0.25, -0.2) is 8.42 Å². The summed E-state index contributed by atoms with van der Waals surface area (Å²) in [6.07, 6.45) is 0.834. The van der Waals surface area contributed by atoms with E-state index < -0.39 is 35.3 Å². The van der Waals surface area contributed by atoms with E-state index in [1.165, 1.54) is 34.3 Å². The van der Waals surface area contributed by atoms with Crippen LogP contribution in [0.3, 0.4) is 0 Å².